The molecular weight excluding hydrogens is 362 g/mol. The van der Waals surface area contributed by atoms with Gasteiger partial charge in [0.1, 0.15) is 5.76 Å². The number of nitrogens with one attached hydrogen (secondary N) is 1. The highest BCUT2D eigenvalue weighted by Crippen LogP contribution is 2.12. The van der Waals surface area contributed by atoms with E-state index in [0.717, 1.165) is 10.0 Å². The van der Waals surface area contributed by atoms with Crippen LogP contribution in [0.15, 0.2) is 57.6 Å². The Kier molecular flexibility index (Phi) is 6.17. The topological polar surface area (TPSA) is 68.5 Å². The van der Waals surface area contributed by atoms with Crippen LogP contribution >= 0.6 is 15.9 Å². The second kappa shape index (κ2) is 8.33. The van der Waals surface area contributed by atoms with Crippen LogP contribution in [0.1, 0.15) is 18.2 Å². The van der Waals surface area contributed by atoms with Gasteiger partial charge in [0.25, 0.3) is 5.91 Å². The number of hydrogen-bond acceptors (Lipinski definition) is 4. The third-order valence-corrected chi connectivity index (χ3v) is 3.43. The SMILES string of the molecule is C[C@@H](OC(=O)/C=C/c1cccc(Br)c1)C(=O)NCc1ccco1. The Morgan fingerprint density at radius 3 is 2.87 bits per heavy atom. The summed E-state index contributed by atoms with van der Waals surface area (Å²) >= 11 is 3.35. The molecular formula is C17H16BrNO4. The minimum absolute atomic E-state index is 0.252. The molecule has 1 aromatic carbocycles. The number of benzene rings is 1. The van der Waals surface area contributed by atoms with Crippen LogP contribution in [0.3, 0.4) is 0 Å². The number of amides is 1. The summed E-state index contributed by atoms with van der Waals surface area (Å²) in [5.74, 6) is -0.331. The zero-order chi connectivity index (χ0) is 16.7. The van der Waals surface area contributed by atoms with Crippen molar-refractivity contribution in [1.29, 1.82) is 0 Å². The lowest BCUT2D eigenvalue weighted by atomic mass is 10.2. The summed E-state index contributed by atoms with van der Waals surface area (Å²) in [4.78, 5) is 23.6. The van der Waals surface area contributed by atoms with Crippen molar-refractivity contribution >= 4 is 33.9 Å². The molecule has 6 heteroatoms. The molecule has 0 aliphatic carbocycles. The third kappa shape index (κ3) is 5.75. The van der Waals surface area contributed by atoms with Gasteiger partial charge in [-0.05, 0) is 42.8 Å². The summed E-state index contributed by atoms with van der Waals surface area (Å²) < 4.78 is 11.1. The summed E-state index contributed by atoms with van der Waals surface area (Å²) in [6.45, 7) is 1.77. The molecule has 0 aliphatic rings. The second-order valence-corrected chi connectivity index (χ2v) is 5.68. The smallest absolute Gasteiger partial charge is 0.331 e. The van der Waals surface area contributed by atoms with Gasteiger partial charge in [-0.15, -0.1) is 0 Å². The fourth-order valence-corrected chi connectivity index (χ4v) is 2.19. The summed E-state index contributed by atoms with van der Waals surface area (Å²) in [6, 6.07) is 11.0. The monoisotopic (exact) mass is 377 g/mol. The van der Waals surface area contributed by atoms with Gasteiger partial charge in [0, 0.05) is 10.5 Å². The van der Waals surface area contributed by atoms with Crippen molar-refractivity contribution in [3.63, 3.8) is 0 Å². The standard InChI is InChI=1S/C17H16BrNO4/c1-12(17(21)19-11-15-6-3-9-22-15)23-16(20)8-7-13-4-2-5-14(18)10-13/h2-10,12H,11H2,1H3,(H,19,21)/b8-7+/t12-/m1/s1. The minimum Gasteiger partial charge on any atom is -0.467 e. The van der Waals surface area contributed by atoms with E-state index in [1.54, 1.807) is 18.2 Å². The molecule has 2 aromatic rings. The number of hydrogen-bond donors (Lipinski definition) is 1. The zero-order valence-electron chi connectivity index (χ0n) is 12.5. The predicted molar refractivity (Wildman–Crippen MR) is 89.3 cm³/mol. The highest BCUT2D eigenvalue weighted by Gasteiger charge is 2.16. The zero-order valence-corrected chi connectivity index (χ0v) is 14.1. The highest BCUT2D eigenvalue weighted by atomic mass is 79.9. The Morgan fingerprint density at radius 2 is 2.17 bits per heavy atom. The average molecular weight is 378 g/mol. The van der Waals surface area contributed by atoms with Gasteiger partial charge in [0.2, 0.25) is 0 Å². The molecule has 120 valence electrons. The molecule has 0 unspecified atom stereocenters. The maximum Gasteiger partial charge on any atom is 0.331 e. The van der Waals surface area contributed by atoms with Crippen LogP contribution in [0.5, 0.6) is 0 Å². The lowest BCUT2D eigenvalue weighted by molar-refractivity contribution is -0.150. The normalized spacial score (nSPS) is 12.1. The van der Waals surface area contributed by atoms with E-state index >= 15 is 0 Å². The predicted octanol–water partition coefficient (Wildman–Crippen LogP) is 3.30. The van der Waals surface area contributed by atoms with Crippen molar-refractivity contribution in [3.05, 3.63) is 64.5 Å². The molecule has 0 saturated heterocycles. The fourth-order valence-electron chi connectivity index (χ4n) is 1.77. The Hall–Kier alpha value is -2.34. The summed E-state index contributed by atoms with van der Waals surface area (Å²) in [6.07, 6.45) is 3.56. The molecule has 0 saturated carbocycles. The van der Waals surface area contributed by atoms with Crippen LogP contribution in [-0.2, 0) is 20.9 Å². The van der Waals surface area contributed by atoms with E-state index in [9.17, 15) is 9.59 Å². The molecule has 0 bridgehead atoms. The first-order valence-corrected chi connectivity index (χ1v) is 7.78. The van der Waals surface area contributed by atoms with Crippen LogP contribution < -0.4 is 5.32 Å². The summed E-state index contributed by atoms with van der Waals surface area (Å²) in [7, 11) is 0. The van der Waals surface area contributed by atoms with Crippen LogP contribution in [0.2, 0.25) is 0 Å². The van der Waals surface area contributed by atoms with Crippen molar-refractivity contribution in [2.24, 2.45) is 0 Å². The fraction of sp³-hybridized carbons (Fsp3) is 0.176. The van der Waals surface area contributed by atoms with Crippen molar-refractivity contribution < 1.29 is 18.7 Å². The molecule has 1 atom stereocenters. The summed E-state index contributed by atoms with van der Waals surface area (Å²) in [5.41, 5.74) is 0.853. The van der Waals surface area contributed by atoms with Crippen LogP contribution in [-0.4, -0.2) is 18.0 Å². The number of carbonyl (C=O) groups excluding carboxylic acids is 2. The van der Waals surface area contributed by atoms with E-state index in [0.29, 0.717) is 5.76 Å². The Balaban J connectivity index is 1.80. The van der Waals surface area contributed by atoms with E-state index < -0.39 is 12.1 Å². The number of esters is 1. The Morgan fingerprint density at radius 1 is 1.35 bits per heavy atom. The molecule has 2 rings (SSSR count). The molecule has 0 fully saturated rings. The maximum absolute atomic E-state index is 11.8. The van der Waals surface area contributed by atoms with Crippen LogP contribution in [0.25, 0.3) is 6.08 Å². The molecule has 0 spiro atoms. The van der Waals surface area contributed by atoms with Gasteiger partial charge in [-0.25, -0.2) is 4.79 Å². The second-order valence-electron chi connectivity index (χ2n) is 4.76. The van der Waals surface area contributed by atoms with Crippen molar-refractivity contribution in [1.82, 2.24) is 5.32 Å². The first-order valence-electron chi connectivity index (χ1n) is 6.99. The molecule has 0 radical (unpaired) electrons. The highest BCUT2D eigenvalue weighted by molar-refractivity contribution is 9.10. The number of carbonyl (C=O) groups is 2. The van der Waals surface area contributed by atoms with E-state index in [1.807, 2.05) is 24.3 Å². The van der Waals surface area contributed by atoms with Gasteiger partial charge >= 0.3 is 5.97 Å². The number of rotatable bonds is 6. The molecule has 1 aromatic heterocycles. The lowest BCUT2D eigenvalue weighted by Crippen LogP contribution is -2.35. The molecule has 0 aliphatic heterocycles. The minimum atomic E-state index is -0.885. The van der Waals surface area contributed by atoms with Crippen molar-refractivity contribution in [2.75, 3.05) is 0 Å². The van der Waals surface area contributed by atoms with E-state index in [4.69, 9.17) is 9.15 Å². The Bertz CT molecular complexity index is 694. The molecule has 1 N–H and O–H groups in total. The number of halogens is 1. The lowest BCUT2D eigenvalue weighted by Gasteiger charge is -2.11. The summed E-state index contributed by atoms with van der Waals surface area (Å²) in [5, 5.41) is 2.63. The number of ether oxygens (including phenoxy) is 1. The molecule has 1 amide bonds. The van der Waals surface area contributed by atoms with E-state index in [-0.39, 0.29) is 12.5 Å². The van der Waals surface area contributed by atoms with Crippen LogP contribution in [0, 0.1) is 0 Å². The van der Waals surface area contributed by atoms with Crippen molar-refractivity contribution in [3.8, 4) is 0 Å². The average Bonchev–Trinajstić information content (AvgIpc) is 3.04. The molecule has 5 nitrogen and oxygen atoms in total. The molecule has 1 heterocycles. The van der Waals surface area contributed by atoms with Gasteiger partial charge in [-0.3, -0.25) is 4.79 Å². The first-order chi connectivity index (χ1) is 11.0. The van der Waals surface area contributed by atoms with Crippen LogP contribution in [0.4, 0.5) is 0 Å². The van der Waals surface area contributed by atoms with E-state index in [1.165, 1.54) is 19.3 Å². The largest absolute Gasteiger partial charge is 0.467 e. The van der Waals surface area contributed by atoms with Gasteiger partial charge in [0.05, 0.1) is 12.8 Å². The van der Waals surface area contributed by atoms with Gasteiger partial charge in [-0.1, -0.05) is 28.1 Å². The van der Waals surface area contributed by atoms with E-state index in [2.05, 4.69) is 21.2 Å². The quantitative estimate of drug-likeness (QED) is 0.619. The Labute approximate surface area is 142 Å². The number of furan rings is 1. The first kappa shape index (κ1) is 17.0. The van der Waals surface area contributed by atoms with Gasteiger partial charge < -0.3 is 14.5 Å². The van der Waals surface area contributed by atoms with Gasteiger partial charge in [-0.2, -0.15) is 0 Å². The maximum atomic E-state index is 11.8. The molecule has 23 heavy (non-hydrogen) atoms. The third-order valence-electron chi connectivity index (χ3n) is 2.94. The van der Waals surface area contributed by atoms with Gasteiger partial charge in [0.15, 0.2) is 6.10 Å². The van der Waals surface area contributed by atoms with Crippen molar-refractivity contribution in [2.45, 2.75) is 19.6 Å².